The zero-order valence-electron chi connectivity index (χ0n) is 12.2. The van der Waals surface area contributed by atoms with Gasteiger partial charge in [0, 0.05) is 32.1 Å². The molecule has 2 heterocycles. The number of methoxy groups -OCH3 is 3. The minimum absolute atomic E-state index is 0.0263. The van der Waals surface area contributed by atoms with Crippen LogP contribution in [0.5, 0.6) is 17.2 Å². The monoisotopic (exact) mass is 279 g/mol. The van der Waals surface area contributed by atoms with Gasteiger partial charge in [-0.1, -0.05) is 0 Å². The van der Waals surface area contributed by atoms with Gasteiger partial charge in [0.1, 0.15) is 5.60 Å². The van der Waals surface area contributed by atoms with E-state index in [9.17, 15) is 0 Å². The van der Waals surface area contributed by atoms with Gasteiger partial charge < -0.3 is 24.3 Å². The Morgan fingerprint density at radius 3 is 2.70 bits per heavy atom. The molecule has 3 rings (SSSR count). The number of hydrogen-bond acceptors (Lipinski definition) is 5. The zero-order chi connectivity index (χ0) is 14.2. The van der Waals surface area contributed by atoms with Gasteiger partial charge in [0.2, 0.25) is 5.75 Å². The Kier molecular flexibility index (Phi) is 3.48. The smallest absolute Gasteiger partial charge is 0.203 e. The molecule has 1 aromatic carbocycles. The van der Waals surface area contributed by atoms with Gasteiger partial charge in [-0.2, -0.15) is 0 Å². The molecule has 2 unspecified atom stereocenters. The van der Waals surface area contributed by atoms with E-state index in [1.807, 2.05) is 12.1 Å². The van der Waals surface area contributed by atoms with Crippen LogP contribution in [0.25, 0.3) is 0 Å². The second-order valence-electron chi connectivity index (χ2n) is 5.36. The van der Waals surface area contributed by atoms with E-state index >= 15 is 0 Å². The molecule has 0 aliphatic carbocycles. The Morgan fingerprint density at radius 2 is 2.10 bits per heavy atom. The lowest BCUT2D eigenvalue weighted by atomic mass is 9.87. The fourth-order valence-corrected chi connectivity index (χ4v) is 3.17. The van der Waals surface area contributed by atoms with Gasteiger partial charge in [0.15, 0.2) is 11.5 Å². The molecule has 2 aliphatic rings. The van der Waals surface area contributed by atoms with Crippen molar-refractivity contribution >= 4 is 0 Å². The molecule has 2 atom stereocenters. The van der Waals surface area contributed by atoms with Gasteiger partial charge in [-0.15, -0.1) is 0 Å². The quantitative estimate of drug-likeness (QED) is 0.916. The minimum atomic E-state index is -0.201. The summed E-state index contributed by atoms with van der Waals surface area (Å²) >= 11 is 0. The first kappa shape index (κ1) is 13.5. The van der Waals surface area contributed by atoms with Gasteiger partial charge in [0.25, 0.3) is 0 Å². The van der Waals surface area contributed by atoms with E-state index in [1.54, 1.807) is 21.3 Å². The summed E-state index contributed by atoms with van der Waals surface area (Å²) in [6, 6.07) is 3.90. The predicted molar refractivity (Wildman–Crippen MR) is 74.8 cm³/mol. The summed E-state index contributed by atoms with van der Waals surface area (Å²) in [5, 5.41) is 3.37. The molecule has 0 bridgehead atoms. The van der Waals surface area contributed by atoms with Crippen LogP contribution in [0.3, 0.4) is 0 Å². The summed E-state index contributed by atoms with van der Waals surface area (Å²) in [5.74, 6) is 2.09. The molecular weight excluding hydrogens is 258 g/mol. The lowest BCUT2D eigenvalue weighted by Crippen LogP contribution is -2.43. The normalized spacial score (nSPS) is 28.1. The van der Waals surface area contributed by atoms with E-state index in [0.29, 0.717) is 11.5 Å². The van der Waals surface area contributed by atoms with E-state index in [0.717, 1.165) is 37.2 Å². The Balaban J connectivity index is 2.09. The second-order valence-corrected chi connectivity index (χ2v) is 5.36. The highest BCUT2D eigenvalue weighted by Gasteiger charge is 2.45. The molecule has 5 heteroatoms. The van der Waals surface area contributed by atoms with Crippen LogP contribution in [0.15, 0.2) is 12.1 Å². The number of rotatable bonds is 3. The Hall–Kier alpha value is -1.46. The molecule has 1 saturated heterocycles. The molecule has 110 valence electrons. The number of nitrogens with one attached hydrogen (secondary N) is 1. The molecule has 1 fully saturated rings. The molecule has 0 aromatic heterocycles. The van der Waals surface area contributed by atoms with Crippen molar-refractivity contribution in [2.45, 2.75) is 24.5 Å². The fourth-order valence-electron chi connectivity index (χ4n) is 3.17. The lowest BCUT2D eigenvalue weighted by molar-refractivity contribution is -0.0221. The summed E-state index contributed by atoms with van der Waals surface area (Å²) in [6.45, 7) is 1.81. The highest BCUT2D eigenvalue weighted by Crippen LogP contribution is 2.50. The lowest BCUT2D eigenvalue weighted by Gasteiger charge is -2.39. The van der Waals surface area contributed by atoms with Crippen molar-refractivity contribution < 1.29 is 18.9 Å². The maximum absolute atomic E-state index is 6.33. The summed E-state index contributed by atoms with van der Waals surface area (Å²) in [7, 11) is 5.01. The third-order valence-electron chi connectivity index (χ3n) is 4.24. The van der Waals surface area contributed by atoms with E-state index in [-0.39, 0.29) is 11.7 Å². The molecule has 0 radical (unpaired) electrons. The minimum Gasteiger partial charge on any atom is -0.493 e. The van der Waals surface area contributed by atoms with Crippen LogP contribution >= 0.6 is 0 Å². The molecule has 1 spiro atoms. The number of hydrogen-bond donors (Lipinski definition) is 1. The van der Waals surface area contributed by atoms with Crippen molar-refractivity contribution in [1.82, 2.24) is 5.32 Å². The van der Waals surface area contributed by atoms with Crippen molar-refractivity contribution in [3.63, 3.8) is 0 Å². The fraction of sp³-hybridized carbons (Fsp3) is 0.600. The third-order valence-corrected chi connectivity index (χ3v) is 4.24. The summed E-state index contributed by atoms with van der Waals surface area (Å²) in [6.07, 6.45) is 1.87. The van der Waals surface area contributed by atoms with Crippen molar-refractivity contribution in [1.29, 1.82) is 0 Å². The Morgan fingerprint density at radius 1 is 1.25 bits per heavy atom. The topological polar surface area (TPSA) is 49.0 Å². The highest BCUT2D eigenvalue weighted by molar-refractivity contribution is 5.57. The average Bonchev–Trinajstić information content (AvgIpc) is 2.92. The van der Waals surface area contributed by atoms with Gasteiger partial charge in [-0.25, -0.2) is 0 Å². The molecule has 5 nitrogen and oxygen atoms in total. The van der Waals surface area contributed by atoms with Crippen LogP contribution in [0.2, 0.25) is 0 Å². The van der Waals surface area contributed by atoms with Crippen molar-refractivity contribution in [2.24, 2.45) is 0 Å². The Labute approximate surface area is 119 Å². The van der Waals surface area contributed by atoms with Crippen LogP contribution < -0.4 is 19.5 Å². The average molecular weight is 279 g/mol. The first-order chi connectivity index (χ1) is 9.73. The maximum Gasteiger partial charge on any atom is 0.203 e. The molecule has 1 N–H and O–H groups in total. The van der Waals surface area contributed by atoms with Crippen LogP contribution in [0.1, 0.15) is 24.5 Å². The molecule has 20 heavy (non-hydrogen) atoms. The largest absolute Gasteiger partial charge is 0.493 e. The first-order valence-corrected chi connectivity index (χ1v) is 6.90. The summed E-state index contributed by atoms with van der Waals surface area (Å²) < 4.78 is 22.9. The Bertz CT molecular complexity index is 497. The highest BCUT2D eigenvalue weighted by atomic mass is 16.6. The second kappa shape index (κ2) is 5.14. The van der Waals surface area contributed by atoms with Crippen molar-refractivity contribution in [3.05, 3.63) is 17.7 Å². The SMILES string of the molecule is COc1ccc2c(c1OC)OC1(CCNC1)CC2OC. The van der Waals surface area contributed by atoms with E-state index in [1.165, 1.54) is 0 Å². The summed E-state index contributed by atoms with van der Waals surface area (Å²) in [5.41, 5.74) is 0.829. The number of ether oxygens (including phenoxy) is 4. The molecular formula is C15H21NO4. The third kappa shape index (κ3) is 2.01. The van der Waals surface area contributed by atoms with Gasteiger partial charge in [-0.05, 0) is 18.7 Å². The molecule has 0 saturated carbocycles. The van der Waals surface area contributed by atoms with Gasteiger partial charge in [-0.3, -0.25) is 0 Å². The van der Waals surface area contributed by atoms with Crippen LogP contribution in [0, 0.1) is 0 Å². The van der Waals surface area contributed by atoms with Gasteiger partial charge in [0.05, 0.1) is 20.3 Å². The molecule has 0 amide bonds. The van der Waals surface area contributed by atoms with Crippen molar-refractivity contribution in [3.8, 4) is 17.2 Å². The van der Waals surface area contributed by atoms with Crippen LogP contribution in [-0.2, 0) is 4.74 Å². The maximum atomic E-state index is 6.33. The van der Waals surface area contributed by atoms with E-state index < -0.39 is 0 Å². The van der Waals surface area contributed by atoms with Gasteiger partial charge >= 0.3 is 0 Å². The first-order valence-electron chi connectivity index (χ1n) is 6.90. The molecule has 2 aliphatic heterocycles. The van der Waals surface area contributed by atoms with Crippen LogP contribution in [0.4, 0.5) is 0 Å². The number of benzene rings is 1. The standard InChI is InChI=1S/C15H21NO4/c1-17-11-5-4-10-12(18-2)8-15(6-7-16-9-15)20-13(10)14(11)19-3/h4-5,12,16H,6-9H2,1-3H3. The zero-order valence-corrected chi connectivity index (χ0v) is 12.2. The van der Waals surface area contributed by atoms with Crippen molar-refractivity contribution in [2.75, 3.05) is 34.4 Å². The number of fused-ring (bicyclic) bond motifs is 1. The summed E-state index contributed by atoms with van der Waals surface area (Å²) in [4.78, 5) is 0. The molecule has 1 aromatic rings. The predicted octanol–water partition coefficient (Wildman–Crippen LogP) is 1.91. The van der Waals surface area contributed by atoms with E-state index in [4.69, 9.17) is 18.9 Å². The van der Waals surface area contributed by atoms with E-state index in [2.05, 4.69) is 5.32 Å². The van der Waals surface area contributed by atoms with Crippen LogP contribution in [-0.4, -0.2) is 40.0 Å².